The highest BCUT2D eigenvalue weighted by atomic mass is 16.5. The predicted molar refractivity (Wildman–Crippen MR) is 82.5 cm³/mol. The van der Waals surface area contributed by atoms with Crippen molar-refractivity contribution in [2.45, 2.75) is 19.4 Å². The lowest BCUT2D eigenvalue weighted by atomic mass is 10.1. The SMILES string of the molecule is Cc1ccc(C(=O)NCC2Cc3ccccc3O2)c(N)c1. The lowest BCUT2D eigenvalue weighted by Gasteiger charge is -2.13. The fourth-order valence-electron chi connectivity index (χ4n) is 2.56. The van der Waals surface area contributed by atoms with Crippen LogP contribution < -0.4 is 15.8 Å². The van der Waals surface area contributed by atoms with Crippen LogP contribution in [0, 0.1) is 6.92 Å². The van der Waals surface area contributed by atoms with Crippen LogP contribution in [0.25, 0.3) is 0 Å². The van der Waals surface area contributed by atoms with Crippen molar-refractivity contribution in [2.75, 3.05) is 12.3 Å². The second-order valence-corrected chi connectivity index (χ2v) is 5.35. The van der Waals surface area contributed by atoms with Crippen LogP contribution in [-0.2, 0) is 6.42 Å². The molecule has 108 valence electrons. The van der Waals surface area contributed by atoms with Gasteiger partial charge in [-0.3, -0.25) is 4.79 Å². The number of anilines is 1. The molecular weight excluding hydrogens is 264 g/mol. The zero-order valence-corrected chi connectivity index (χ0v) is 11.9. The van der Waals surface area contributed by atoms with Crippen molar-refractivity contribution in [3.05, 3.63) is 59.2 Å². The van der Waals surface area contributed by atoms with Crippen molar-refractivity contribution in [1.29, 1.82) is 0 Å². The number of nitrogens with two attached hydrogens (primary N) is 1. The molecule has 0 bridgehead atoms. The van der Waals surface area contributed by atoms with Crippen molar-refractivity contribution in [3.8, 4) is 5.75 Å². The second-order valence-electron chi connectivity index (χ2n) is 5.35. The van der Waals surface area contributed by atoms with E-state index < -0.39 is 0 Å². The van der Waals surface area contributed by atoms with Gasteiger partial charge in [-0.2, -0.15) is 0 Å². The van der Waals surface area contributed by atoms with Crippen molar-refractivity contribution in [1.82, 2.24) is 5.32 Å². The van der Waals surface area contributed by atoms with Crippen LogP contribution in [0.2, 0.25) is 0 Å². The first kappa shape index (κ1) is 13.5. The van der Waals surface area contributed by atoms with Crippen molar-refractivity contribution < 1.29 is 9.53 Å². The smallest absolute Gasteiger partial charge is 0.253 e. The maximum atomic E-state index is 12.2. The molecule has 0 aromatic heterocycles. The minimum absolute atomic E-state index is 0.0157. The highest BCUT2D eigenvalue weighted by Crippen LogP contribution is 2.27. The summed E-state index contributed by atoms with van der Waals surface area (Å²) in [6, 6.07) is 13.4. The summed E-state index contributed by atoms with van der Waals surface area (Å²) < 4.78 is 5.80. The Bertz CT molecular complexity index is 657. The molecule has 1 heterocycles. The number of carbonyl (C=O) groups excluding carboxylic acids is 1. The Morgan fingerprint density at radius 2 is 2.14 bits per heavy atom. The van der Waals surface area contributed by atoms with Gasteiger partial charge in [0.2, 0.25) is 0 Å². The molecule has 4 heteroatoms. The van der Waals surface area contributed by atoms with Gasteiger partial charge < -0.3 is 15.8 Å². The van der Waals surface area contributed by atoms with E-state index in [9.17, 15) is 4.79 Å². The van der Waals surface area contributed by atoms with Crippen LogP contribution in [0.15, 0.2) is 42.5 Å². The summed E-state index contributed by atoms with van der Waals surface area (Å²) >= 11 is 0. The van der Waals surface area contributed by atoms with E-state index in [0.29, 0.717) is 17.8 Å². The quantitative estimate of drug-likeness (QED) is 0.849. The zero-order chi connectivity index (χ0) is 14.8. The molecule has 1 unspecified atom stereocenters. The average Bonchev–Trinajstić information content (AvgIpc) is 2.87. The number of fused-ring (bicyclic) bond motifs is 1. The fourth-order valence-corrected chi connectivity index (χ4v) is 2.56. The van der Waals surface area contributed by atoms with Crippen molar-refractivity contribution in [3.63, 3.8) is 0 Å². The summed E-state index contributed by atoms with van der Waals surface area (Å²) in [5, 5.41) is 2.89. The standard InChI is InChI=1S/C17H18N2O2/c1-11-6-7-14(15(18)8-11)17(20)19-10-13-9-12-4-2-3-5-16(12)21-13/h2-8,13H,9-10,18H2,1H3,(H,19,20). The number of hydrogen-bond donors (Lipinski definition) is 2. The topological polar surface area (TPSA) is 64.3 Å². The maximum absolute atomic E-state index is 12.2. The van der Waals surface area contributed by atoms with E-state index in [1.807, 2.05) is 31.2 Å². The lowest BCUT2D eigenvalue weighted by molar-refractivity contribution is 0.0934. The van der Waals surface area contributed by atoms with Crippen molar-refractivity contribution in [2.24, 2.45) is 0 Å². The van der Waals surface area contributed by atoms with E-state index in [1.165, 1.54) is 5.56 Å². The van der Waals surface area contributed by atoms with Crippen LogP contribution in [0.4, 0.5) is 5.69 Å². The molecule has 1 aliphatic heterocycles. The largest absolute Gasteiger partial charge is 0.488 e. The van der Waals surface area contributed by atoms with Gasteiger partial charge in [0, 0.05) is 12.1 Å². The summed E-state index contributed by atoms with van der Waals surface area (Å²) in [5.41, 5.74) is 9.12. The molecule has 2 aromatic rings. The normalized spacial score (nSPS) is 16.1. The van der Waals surface area contributed by atoms with Crippen LogP contribution in [-0.4, -0.2) is 18.6 Å². The van der Waals surface area contributed by atoms with E-state index >= 15 is 0 Å². The molecule has 2 aromatic carbocycles. The van der Waals surface area contributed by atoms with Crippen LogP contribution in [0.1, 0.15) is 21.5 Å². The van der Waals surface area contributed by atoms with Gasteiger partial charge in [-0.15, -0.1) is 0 Å². The molecule has 0 aliphatic carbocycles. The first-order chi connectivity index (χ1) is 10.1. The molecule has 0 fully saturated rings. The van der Waals surface area contributed by atoms with Gasteiger partial charge in [0.25, 0.3) is 5.91 Å². The number of nitrogens with one attached hydrogen (secondary N) is 1. The summed E-state index contributed by atoms with van der Waals surface area (Å²) in [5.74, 6) is 0.749. The van der Waals surface area contributed by atoms with Crippen molar-refractivity contribution >= 4 is 11.6 Å². The van der Waals surface area contributed by atoms with Gasteiger partial charge in [-0.25, -0.2) is 0 Å². The second kappa shape index (κ2) is 5.48. The highest BCUT2D eigenvalue weighted by Gasteiger charge is 2.23. The molecule has 21 heavy (non-hydrogen) atoms. The molecular formula is C17H18N2O2. The predicted octanol–water partition coefficient (Wildman–Crippen LogP) is 2.31. The minimum Gasteiger partial charge on any atom is -0.488 e. The highest BCUT2D eigenvalue weighted by molar-refractivity contribution is 5.99. The number of benzene rings is 2. The number of ether oxygens (including phenoxy) is 1. The number of hydrogen-bond acceptors (Lipinski definition) is 3. The van der Waals surface area contributed by atoms with E-state index in [4.69, 9.17) is 10.5 Å². The summed E-state index contributed by atoms with van der Waals surface area (Å²) in [4.78, 5) is 12.2. The van der Waals surface area contributed by atoms with Gasteiger partial charge in [-0.05, 0) is 36.2 Å². The van der Waals surface area contributed by atoms with E-state index in [-0.39, 0.29) is 12.0 Å². The third-order valence-corrected chi connectivity index (χ3v) is 3.66. The van der Waals surface area contributed by atoms with Gasteiger partial charge in [0.15, 0.2) is 0 Å². The maximum Gasteiger partial charge on any atom is 0.253 e. The van der Waals surface area contributed by atoms with Gasteiger partial charge >= 0.3 is 0 Å². The van der Waals surface area contributed by atoms with Crippen LogP contribution in [0.3, 0.4) is 0 Å². The van der Waals surface area contributed by atoms with E-state index in [2.05, 4.69) is 11.4 Å². The zero-order valence-electron chi connectivity index (χ0n) is 11.9. The monoisotopic (exact) mass is 282 g/mol. The minimum atomic E-state index is -0.160. The number of amides is 1. The Kier molecular flexibility index (Phi) is 3.52. The number of para-hydroxylation sites is 1. The summed E-state index contributed by atoms with van der Waals surface area (Å²) in [7, 11) is 0. The average molecular weight is 282 g/mol. The molecule has 1 aliphatic rings. The van der Waals surface area contributed by atoms with E-state index in [1.54, 1.807) is 12.1 Å². The first-order valence-electron chi connectivity index (χ1n) is 7.02. The summed E-state index contributed by atoms with van der Waals surface area (Å²) in [6.07, 6.45) is 0.804. The first-order valence-corrected chi connectivity index (χ1v) is 7.02. The lowest BCUT2D eigenvalue weighted by Crippen LogP contribution is -2.34. The molecule has 0 saturated heterocycles. The molecule has 4 nitrogen and oxygen atoms in total. The molecule has 1 atom stereocenters. The third kappa shape index (κ3) is 2.84. The van der Waals surface area contributed by atoms with Crippen LogP contribution >= 0.6 is 0 Å². The Morgan fingerprint density at radius 1 is 1.33 bits per heavy atom. The number of aryl methyl sites for hydroxylation is 1. The molecule has 1 amide bonds. The van der Waals surface area contributed by atoms with Gasteiger partial charge in [0.1, 0.15) is 11.9 Å². The Morgan fingerprint density at radius 3 is 2.90 bits per heavy atom. The Balaban J connectivity index is 1.60. The van der Waals surface area contributed by atoms with E-state index in [0.717, 1.165) is 17.7 Å². The molecule has 3 N–H and O–H groups in total. The number of carbonyl (C=O) groups is 1. The Hall–Kier alpha value is -2.49. The van der Waals surface area contributed by atoms with Gasteiger partial charge in [-0.1, -0.05) is 24.3 Å². The third-order valence-electron chi connectivity index (χ3n) is 3.66. The molecule has 0 radical (unpaired) electrons. The molecule has 3 rings (SSSR count). The molecule has 0 saturated carbocycles. The number of nitrogen functional groups attached to an aromatic ring is 1. The van der Waals surface area contributed by atoms with Gasteiger partial charge in [0.05, 0.1) is 12.1 Å². The fraction of sp³-hybridized carbons (Fsp3) is 0.235. The van der Waals surface area contributed by atoms with Crippen LogP contribution in [0.5, 0.6) is 5.75 Å². The summed E-state index contributed by atoms with van der Waals surface area (Å²) in [6.45, 7) is 2.42. The Labute approximate surface area is 123 Å². The number of rotatable bonds is 3. The molecule has 0 spiro atoms.